The van der Waals surface area contributed by atoms with Gasteiger partial charge in [0.25, 0.3) is 0 Å². The number of hydrogen-bond acceptors (Lipinski definition) is 5. The van der Waals surface area contributed by atoms with Crippen molar-refractivity contribution in [3.63, 3.8) is 0 Å². The SMILES string of the molecule is CC1(Cn2c(-c3ccccc3)nnc2N2CCCOCC2)CCCO1. The Bertz CT molecular complexity index is 687. The molecule has 2 aliphatic heterocycles. The van der Waals surface area contributed by atoms with Gasteiger partial charge >= 0.3 is 0 Å². The van der Waals surface area contributed by atoms with Gasteiger partial charge in [-0.1, -0.05) is 30.3 Å². The Morgan fingerprint density at radius 2 is 1.92 bits per heavy atom. The molecule has 1 unspecified atom stereocenters. The number of anilines is 1. The number of ether oxygens (including phenoxy) is 2. The third-order valence-corrected chi connectivity index (χ3v) is 5.06. The fourth-order valence-corrected chi connectivity index (χ4v) is 3.72. The van der Waals surface area contributed by atoms with E-state index in [1.165, 1.54) is 0 Å². The molecule has 25 heavy (non-hydrogen) atoms. The molecule has 3 heterocycles. The van der Waals surface area contributed by atoms with Crippen molar-refractivity contribution >= 4 is 5.95 Å². The van der Waals surface area contributed by atoms with Gasteiger partial charge in [0, 0.05) is 31.9 Å². The minimum Gasteiger partial charge on any atom is -0.380 e. The van der Waals surface area contributed by atoms with Crippen molar-refractivity contribution < 1.29 is 9.47 Å². The molecule has 0 saturated carbocycles. The molecular weight excluding hydrogens is 316 g/mol. The van der Waals surface area contributed by atoms with Crippen LogP contribution < -0.4 is 4.90 Å². The molecule has 2 aliphatic rings. The predicted octanol–water partition coefficient (Wildman–Crippen LogP) is 2.74. The minimum absolute atomic E-state index is 0.150. The molecule has 134 valence electrons. The van der Waals surface area contributed by atoms with E-state index in [0.717, 1.165) is 76.1 Å². The summed E-state index contributed by atoms with van der Waals surface area (Å²) in [5.74, 6) is 1.85. The van der Waals surface area contributed by atoms with Gasteiger partial charge in [0.15, 0.2) is 5.82 Å². The lowest BCUT2D eigenvalue weighted by Gasteiger charge is -2.28. The first-order valence-electron chi connectivity index (χ1n) is 9.20. The van der Waals surface area contributed by atoms with Crippen molar-refractivity contribution in [1.29, 1.82) is 0 Å². The maximum atomic E-state index is 6.05. The molecule has 2 fully saturated rings. The van der Waals surface area contributed by atoms with Gasteiger partial charge in [0.1, 0.15) is 0 Å². The molecule has 0 spiro atoms. The summed E-state index contributed by atoms with van der Waals surface area (Å²) in [6.45, 7) is 7.17. The van der Waals surface area contributed by atoms with Gasteiger partial charge in [0.05, 0.1) is 18.8 Å². The first-order chi connectivity index (χ1) is 12.3. The van der Waals surface area contributed by atoms with Gasteiger partial charge < -0.3 is 14.4 Å². The van der Waals surface area contributed by atoms with E-state index >= 15 is 0 Å². The van der Waals surface area contributed by atoms with Crippen molar-refractivity contribution in [3.8, 4) is 11.4 Å². The molecule has 2 saturated heterocycles. The number of nitrogens with zero attached hydrogens (tertiary/aromatic N) is 4. The van der Waals surface area contributed by atoms with E-state index in [1.807, 2.05) is 18.2 Å². The second kappa shape index (κ2) is 7.14. The van der Waals surface area contributed by atoms with E-state index in [9.17, 15) is 0 Å². The Hall–Kier alpha value is -1.92. The fraction of sp³-hybridized carbons (Fsp3) is 0.579. The molecule has 0 amide bonds. The standard InChI is InChI=1S/C19H26N4O2/c1-19(9-5-13-25-19)15-23-17(16-7-3-2-4-8-16)20-21-18(23)22-10-6-12-24-14-11-22/h2-4,7-8H,5-6,9-15H2,1H3. The molecule has 0 bridgehead atoms. The monoisotopic (exact) mass is 342 g/mol. The minimum atomic E-state index is -0.150. The van der Waals surface area contributed by atoms with Crippen molar-refractivity contribution in [2.45, 2.75) is 38.3 Å². The Morgan fingerprint density at radius 3 is 2.72 bits per heavy atom. The van der Waals surface area contributed by atoms with Crippen molar-refractivity contribution in [2.75, 3.05) is 37.8 Å². The van der Waals surface area contributed by atoms with Crippen LogP contribution in [0.25, 0.3) is 11.4 Å². The fourth-order valence-electron chi connectivity index (χ4n) is 3.72. The zero-order valence-electron chi connectivity index (χ0n) is 14.9. The van der Waals surface area contributed by atoms with Crippen LogP contribution in [0.5, 0.6) is 0 Å². The number of aromatic nitrogens is 3. The van der Waals surface area contributed by atoms with Gasteiger partial charge in [-0.2, -0.15) is 0 Å². The summed E-state index contributed by atoms with van der Waals surface area (Å²) in [4.78, 5) is 2.30. The second-order valence-electron chi connectivity index (χ2n) is 7.13. The molecule has 0 radical (unpaired) electrons. The van der Waals surface area contributed by atoms with E-state index in [2.05, 4.69) is 38.7 Å². The first-order valence-corrected chi connectivity index (χ1v) is 9.20. The highest BCUT2D eigenvalue weighted by Crippen LogP contribution is 2.31. The third kappa shape index (κ3) is 3.55. The molecule has 1 aromatic carbocycles. The lowest BCUT2D eigenvalue weighted by atomic mass is 10.0. The molecule has 4 rings (SSSR count). The molecule has 2 aromatic rings. The van der Waals surface area contributed by atoms with Gasteiger partial charge in [0.2, 0.25) is 5.95 Å². The van der Waals surface area contributed by atoms with Crippen LogP contribution >= 0.6 is 0 Å². The van der Waals surface area contributed by atoms with E-state index < -0.39 is 0 Å². The zero-order valence-corrected chi connectivity index (χ0v) is 14.9. The maximum absolute atomic E-state index is 6.05. The Labute approximate surface area is 148 Å². The zero-order chi connectivity index (χ0) is 17.1. The molecule has 1 atom stereocenters. The van der Waals surface area contributed by atoms with Crippen LogP contribution in [0.2, 0.25) is 0 Å². The summed E-state index contributed by atoms with van der Waals surface area (Å²) in [7, 11) is 0. The predicted molar refractivity (Wildman–Crippen MR) is 96.7 cm³/mol. The smallest absolute Gasteiger partial charge is 0.227 e. The summed E-state index contributed by atoms with van der Waals surface area (Å²) >= 11 is 0. The highest BCUT2D eigenvalue weighted by atomic mass is 16.5. The number of rotatable bonds is 4. The summed E-state index contributed by atoms with van der Waals surface area (Å²) in [5.41, 5.74) is 0.942. The summed E-state index contributed by atoms with van der Waals surface area (Å²) < 4.78 is 13.9. The van der Waals surface area contributed by atoms with E-state index in [-0.39, 0.29) is 5.60 Å². The second-order valence-corrected chi connectivity index (χ2v) is 7.13. The molecule has 6 heteroatoms. The molecule has 6 nitrogen and oxygen atoms in total. The molecular formula is C19H26N4O2. The van der Waals surface area contributed by atoms with Gasteiger partial charge in [-0.25, -0.2) is 0 Å². The van der Waals surface area contributed by atoms with Crippen LogP contribution in [-0.2, 0) is 16.0 Å². The molecule has 1 aromatic heterocycles. The van der Waals surface area contributed by atoms with E-state index in [4.69, 9.17) is 9.47 Å². The Kier molecular flexibility index (Phi) is 4.72. The Morgan fingerprint density at radius 1 is 1.04 bits per heavy atom. The lowest BCUT2D eigenvalue weighted by Crippen LogP contribution is -2.34. The van der Waals surface area contributed by atoms with Crippen LogP contribution in [0.4, 0.5) is 5.95 Å². The third-order valence-electron chi connectivity index (χ3n) is 5.06. The number of benzene rings is 1. The van der Waals surface area contributed by atoms with Gasteiger partial charge in [-0.15, -0.1) is 10.2 Å². The first kappa shape index (κ1) is 16.5. The average Bonchev–Trinajstić information content (AvgIpc) is 3.14. The number of hydrogen-bond donors (Lipinski definition) is 0. The van der Waals surface area contributed by atoms with E-state index in [0.29, 0.717) is 0 Å². The molecule has 0 N–H and O–H groups in total. The Balaban J connectivity index is 1.71. The van der Waals surface area contributed by atoms with Crippen LogP contribution in [0.15, 0.2) is 30.3 Å². The van der Waals surface area contributed by atoms with Gasteiger partial charge in [-0.3, -0.25) is 4.57 Å². The normalized spacial score (nSPS) is 24.4. The topological polar surface area (TPSA) is 52.4 Å². The van der Waals surface area contributed by atoms with Crippen molar-refractivity contribution in [2.24, 2.45) is 0 Å². The van der Waals surface area contributed by atoms with Crippen LogP contribution in [0.1, 0.15) is 26.2 Å². The highest BCUT2D eigenvalue weighted by molar-refractivity contribution is 5.57. The van der Waals surface area contributed by atoms with Crippen LogP contribution in [0, 0.1) is 0 Å². The van der Waals surface area contributed by atoms with Crippen LogP contribution in [-0.4, -0.2) is 53.3 Å². The summed E-state index contributed by atoms with van der Waals surface area (Å²) in [5, 5.41) is 9.10. The maximum Gasteiger partial charge on any atom is 0.227 e. The van der Waals surface area contributed by atoms with Crippen molar-refractivity contribution in [3.05, 3.63) is 30.3 Å². The average molecular weight is 342 g/mol. The van der Waals surface area contributed by atoms with Crippen molar-refractivity contribution in [1.82, 2.24) is 14.8 Å². The van der Waals surface area contributed by atoms with E-state index in [1.54, 1.807) is 0 Å². The summed E-state index contributed by atoms with van der Waals surface area (Å²) in [6, 6.07) is 10.3. The van der Waals surface area contributed by atoms with Crippen LogP contribution in [0.3, 0.4) is 0 Å². The van der Waals surface area contributed by atoms with Gasteiger partial charge in [-0.05, 0) is 26.2 Å². The quantitative estimate of drug-likeness (QED) is 0.855. The summed E-state index contributed by atoms with van der Waals surface area (Å²) in [6.07, 6.45) is 3.20. The molecule has 0 aliphatic carbocycles. The largest absolute Gasteiger partial charge is 0.380 e. The lowest BCUT2D eigenvalue weighted by molar-refractivity contribution is 0.00675. The highest BCUT2D eigenvalue weighted by Gasteiger charge is 2.33.